The second-order valence-corrected chi connectivity index (χ2v) is 9.67. The molecule has 0 amide bonds. The Morgan fingerprint density at radius 1 is 0.828 bits per heavy atom. The van der Waals surface area contributed by atoms with Gasteiger partial charge in [0.25, 0.3) is 0 Å². The number of nitrogens with zero attached hydrogens (tertiary/aromatic N) is 1. The van der Waals surface area contributed by atoms with Gasteiger partial charge in [0.1, 0.15) is 7.05 Å². The van der Waals surface area contributed by atoms with E-state index in [4.69, 9.17) is 0 Å². The molecule has 1 heteroatoms. The Kier molecular flexibility index (Phi) is 4.73. The molecule has 1 aromatic heterocycles. The predicted molar refractivity (Wildman–Crippen MR) is 126 cm³/mol. The van der Waals surface area contributed by atoms with Gasteiger partial charge in [0.05, 0.1) is 10.9 Å². The summed E-state index contributed by atoms with van der Waals surface area (Å²) in [5, 5.41) is 5.35. The molecule has 0 saturated heterocycles. The van der Waals surface area contributed by atoms with Crippen molar-refractivity contribution < 1.29 is 4.57 Å². The van der Waals surface area contributed by atoms with Gasteiger partial charge in [-0.3, -0.25) is 0 Å². The number of aryl methyl sites for hydroxylation is 2. The molecular weight excluding hydrogens is 350 g/mol. The van der Waals surface area contributed by atoms with E-state index >= 15 is 0 Å². The van der Waals surface area contributed by atoms with E-state index in [-0.39, 0.29) is 5.41 Å². The standard InChI is InChI=1S/C28H32N/c1-18(2)20-12-13-23-21(16-20)14-15-29(7)27(23)25-17-26(28(4,5)6)24-11-9-8-10-22(24)19(25)3/h8-18H,1-7H3/q+1. The lowest BCUT2D eigenvalue weighted by atomic mass is 9.80. The molecule has 0 radical (unpaired) electrons. The summed E-state index contributed by atoms with van der Waals surface area (Å²) in [6.45, 7) is 13.7. The van der Waals surface area contributed by atoms with Gasteiger partial charge >= 0.3 is 0 Å². The van der Waals surface area contributed by atoms with Crippen LogP contribution in [-0.2, 0) is 12.5 Å². The molecule has 4 rings (SSSR count). The van der Waals surface area contributed by atoms with E-state index in [2.05, 4.69) is 114 Å². The minimum atomic E-state index is 0.0794. The monoisotopic (exact) mass is 382 g/mol. The highest BCUT2D eigenvalue weighted by Crippen LogP contribution is 2.38. The number of benzene rings is 3. The molecule has 0 unspecified atom stereocenters. The minimum absolute atomic E-state index is 0.0794. The van der Waals surface area contributed by atoms with Crippen LogP contribution < -0.4 is 4.57 Å². The topological polar surface area (TPSA) is 3.88 Å². The van der Waals surface area contributed by atoms with Gasteiger partial charge in [0.15, 0.2) is 6.20 Å². The van der Waals surface area contributed by atoms with Crippen molar-refractivity contribution in [3.8, 4) is 11.3 Å². The normalized spacial score (nSPS) is 12.3. The minimum Gasteiger partial charge on any atom is -0.200 e. The maximum absolute atomic E-state index is 2.43. The zero-order valence-electron chi connectivity index (χ0n) is 18.8. The van der Waals surface area contributed by atoms with E-state index < -0.39 is 0 Å². The quantitative estimate of drug-likeness (QED) is 0.322. The summed E-state index contributed by atoms with van der Waals surface area (Å²) >= 11 is 0. The molecule has 0 aliphatic heterocycles. The van der Waals surface area contributed by atoms with Gasteiger partial charge in [-0.1, -0.05) is 71.0 Å². The van der Waals surface area contributed by atoms with E-state index in [1.54, 1.807) is 0 Å². The Labute approximate surface area is 175 Å². The van der Waals surface area contributed by atoms with Crippen molar-refractivity contribution in [2.45, 2.75) is 52.9 Å². The van der Waals surface area contributed by atoms with Crippen molar-refractivity contribution >= 4 is 21.5 Å². The summed E-state index contributed by atoms with van der Waals surface area (Å²) < 4.78 is 2.28. The summed E-state index contributed by atoms with van der Waals surface area (Å²) in [6, 6.07) is 20.5. The Balaban J connectivity index is 2.11. The number of hydrogen-bond acceptors (Lipinski definition) is 0. The Hall–Kier alpha value is -2.67. The van der Waals surface area contributed by atoms with Crippen molar-refractivity contribution in [2.24, 2.45) is 7.05 Å². The average molecular weight is 383 g/mol. The molecule has 148 valence electrons. The smallest absolute Gasteiger partial charge is 0.200 e. The molecule has 0 spiro atoms. The summed E-state index contributed by atoms with van der Waals surface area (Å²) in [7, 11) is 2.16. The third-order valence-corrected chi connectivity index (χ3v) is 6.20. The highest BCUT2D eigenvalue weighted by atomic mass is 14.9. The van der Waals surface area contributed by atoms with Crippen LogP contribution >= 0.6 is 0 Å². The SMILES string of the molecule is Cc1c(-c2c3ccc(C(C)C)cc3cc[n+]2C)cc(C(C)(C)C)c2ccccc12. The van der Waals surface area contributed by atoms with E-state index in [0.29, 0.717) is 5.92 Å². The zero-order chi connectivity index (χ0) is 20.9. The fourth-order valence-electron chi connectivity index (χ4n) is 4.47. The van der Waals surface area contributed by atoms with Crippen molar-refractivity contribution in [1.82, 2.24) is 0 Å². The van der Waals surface area contributed by atoms with E-state index in [1.807, 2.05) is 0 Å². The van der Waals surface area contributed by atoms with Crippen molar-refractivity contribution in [3.05, 3.63) is 77.5 Å². The van der Waals surface area contributed by atoms with Crippen molar-refractivity contribution in [2.75, 3.05) is 0 Å². The number of rotatable bonds is 2. The van der Waals surface area contributed by atoms with Crippen LogP contribution in [-0.4, -0.2) is 0 Å². The highest BCUT2D eigenvalue weighted by molar-refractivity contribution is 5.99. The second-order valence-electron chi connectivity index (χ2n) is 9.67. The van der Waals surface area contributed by atoms with Crippen LogP contribution in [0.25, 0.3) is 32.8 Å². The van der Waals surface area contributed by atoms with Gasteiger partial charge in [0.2, 0.25) is 5.69 Å². The van der Waals surface area contributed by atoms with Gasteiger partial charge in [-0.05, 0) is 63.2 Å². The van der Waals surface area contributed by atoms with Crippen LogP contribution in [0.5, 0.6) is 0 Å². The summed E-state index contributed by atoms with van der Waals surface area (Å²) in [6.07, 6.45) is 2.20. The predicted octanol–water partition coefficient (Wildman–Crippen LogP) is 7.21. The Bertz CT molecular complexity index is 1220. The molecule has 0 fully saturated rings. The summed E-state index contributed by atoms with van der Waals surface area (Å²) in [5.74, 6) is 0.534. The summed E-state index contributed by atoms with van der Waals surface area (Å²) in [5.41, 5.74) is 6.86. The summed E-state index contributed by atoms with van der Waals surface area (Å²) in [4.78, 5) is 0. The third-order valence-electron chi connectivity index (χ3n) is 6.20. The second kappa shape index (κ2) is 6.99. The Morgan fingerprint density at radius 2 is 1.52 bits per heavy atom. The number of aromatic nitrogens is 1. The first-order valence-electron chi connectivity index (χ1n) is 10.6. The van der Waals surface area contributed by atoms with E-state index in [1.165, 1.54) is 49.5 Å². The molecule has 4 aromatic rings. The fraction of sp³-hybridized carbons (Fsp3) is 0.321. The fourth-order valence-corrected chi connectivity index (χ4v) is 4.47. The lowest BCUT2D eigenvalue weighted by Gasteiger charge is -2.24. The van der Waals surface area contributed by atoms with Crippen LogP contribution in [0.1, 0.15) is 57.2 Å². The highest BCUT2D eigenvalue weighted by Gasteiger charge is 2.24. The molecule has 1 heterocycles. The van der Waals surface area contributed by atoms with Crippen LogP contribution in [0, 0.1) is 6.92 Å². The first-order valence-corrected chi connectivity index (χ1v) is 10.6. The lowest BCUT2D eigenvalue weighted by molar-refractivity contribution is -0.659. The molecule has 0 aliphatic rings. The molecule has 3 aromatic carbocycles. The maximum Gasteiger partial charge on any atom is 0.220 e. The Morgan fingerprint density at radius 3 is 2.17 bits per heavy atom. The molecule has 0 saturated carbocycles. The average Bonchev–Trinajstić information content (AvgIpc) is 2.67. The van der Waals surface area contributed by atoms with E-state index in [9.17, 15) is 0 Å². The molecule has 0 aliphatic carbocycles. The molecular formula is C28H32N+. The van der Waals surface area contributed by atoms with Crippen LogP contribution in [0.4, 0.5) is 0 Å². The molecule has 0 bridgehead atoms. The first-order chi connectivity index (χ1) is 13.7. The number of hydrogen-bond donors (Lipinski definition) is 0. The first kappa shape index (κ1) is 19.6. The maximum atomic E-state index is 2.43. The zero-order valence-corrected chi connectivity index (χ0v) is 18.8. The molecule has 29 heavy (non-hydrogen) atoms. The largest absolute Gasteiger partial charge is 0.220 e. The van der Waals surface area contributed by atoms with E-state index in [0.717, 1.165) is 0 Å². The van der Waals surface area contributed by atoms with Gasteiger partial charge in [-0.25, -0.2) is 4.57 Å². The lowest BCUT2D eigenvalue weighted by Crippen LogP contribution is -2.31. The molecule has 0 atom stereocenters. The number of fused-ring (bicyclic) bond motifs is 2. The van der Waals surface area contributed by atoms with Gasteiger partial charge in [-0.15, -0.1) is 0 Å². The van der Waals surface area contributed by atoms with Crippen LogP contribution in [0.3, 0.4) is 0 Å². The van der Waals surface area contributed by atoms with Crippen molar-refractivity contribution in [3.63, 3.8) is 0 Å². The third kappa shape index (κ3) is 3.33. The molecule has 0 N–H and O–H groups in total. The van der Waals surface area contributed by atoms with Crippen LogP contribution in [0.2, 0.25) is 0 Å². The van der Waals surface area contributed by atoms with Crippen molar-refractivity contribution in [1.29, 1.82) is 0 Å². The molecule has 1 nitrogen and oxygen atoms in total. The number of pyridine rings is 1. The van der Waals surface area contributed by atoms with Crippen LogP contribution in [0.15, 0.2) is 60.8 Å². The van der Waals surface area contributed by atoms with Gasteiger partial charge in [-0.2, -0.15) is 0 Å². The van der Waals surface area contributed by atoms with Gasteiger partial charge in [0, 0.05) is 6.07 Å². The van der Waals surface area contributed by atoms with Gasteiger partial charge < -0.3 is 0 Å².